The van der Waals surface area contributed by atoms with E-state index in [0.29, 0.717) is 12.1 Å². The van der Waals surface area contributed by atoms with Crippen molar-refractivity contribution in [2.75, 3.05) is 19.7 Å². The number of likely N-dealkylation sites (tertiary alicyclic amines) is 1. The maximum absolute atomic E-state index is 12.4. The molecule has 1 aliphatic heterocycles. The number of hydrogen-bond acceptors (Lipinski definition) is 3. The molecule has 0 aliphatic carbocycles. The van der Waals surface area contributed by atoms with Crippen molar-refractivity contribution < 1.29 is 9.90 Å². The lowest BCUT2D eigenvalue weighted by Gasteiger charge is -2.32. The van der Waals surface area contributed by atoms with Crippen molar-refractivity contribution in [1.29, 1.82) is 0 Å². The minimum absolute atomic E-state index is 0.0101. The van der Waals surface area contributed by atoms with Gasteiger partial charge in [-0.3, -0.25) is 4.79 Å². The highest BCUT2D eigenvalue weighted by Crippen LogP contribution is 2.24. The van der Waals surface area contributed by atoms with Gasteiger partial charge in [-0.05, 0) is 52.9 Å². The first-order chi connectivity index (χ1) is 8.61. The largest absolute Gasteiger partial charge is 0.396 e. The van der Waals surface area contributed by atoms with E-state index in [1.165, 1.54) is 0 Å². The lowest BCUT2D eigenvalue weighted by Crippen LogP contribution is -2.41. The van der Waals surface area contributed by atoms with Crippen LogP contribution in [0.15, 0.2) is 27.6 Å². The Kier molecular flexibility index (Phi) is 4.70. The van der Waals surface area contributed by atoms with E-state index in [-0.39, 0.29) is 18.4 Å². The minimum atomic E-state index is 0.0101. The van der Waals surface area contributed by atoms with Gasteiger partial charge in [-0.25, -0.2) is 0 Å². The zero-order valence-corrected chi connectivity index (χ0v) is 12.5. The highest BCUT2D eigenvalue weighted by molar-refractivity contribution is 9.10. The van der Waals surface area contributed by atoms with Crippen molar-refractivity contribution in [2.45, 2.75) is 17.7 Å². The van der Waals surface area contributed by atoms with Crippen LogP contribution in [0.3, 0.4) is 0 Å². The van der Waals surface area contributed by atoms with Gasteiger partial charge in [0.1, 0.15) is 0 Å². The molecular formula is C13H16BrNO2S. The van der Waals surface area contributed by atoms with Crippen molar-refractivity contribution in [3.05, 3.63) is 28.2 Å². The van der Waals surface area contributed by atoms with Crippen LogP contribution in [0.1, 0.15) is 23.2 Å². The predicted molar refractivity (Wildman–Crippen MR) is 77.1 cm³/mol. The molecule has 1 aromatic carbocycles. The fourth-order valence-electron chi connectivity index (χ4n) is 2.25. The molecule has 98 valence electrons. The Morgan fingerprint density at radius 1 is 1.56 bits per heavy atom. The molecule has 1 heterocycles. The fraction of sp³-hybridized carbons (Fsp3) is 0.462. The minimum Gasteiger partial charge on any atom is -0.396 e. The molecule has 0 bridgehead atoms. The highest BCUT2D eigenvalue weighted by Gasteiger charge is 2.25. The Hall–Kier alpha value is -0.520. The molecule has 0 radical (unpaired) electrons. The number of rotatable bonds is 2. The molecule has 18 heavy (non-hydrogen) atoms. The Bertz CT molecular complexity index is 453. The molecular weight excluding hydrogens is 314 g/mol. The van der Waals surface area contributed by atoms with Crippen molar-refractivity contribution >= 4 is 34.5 Å². The normalized spacial score (nSPS) is 19.9. The molecule has 2 rings (SSSR count). The van der Waals surface area contributed by atoms with Gasteiger partial charge in [0.25, 0.3) is 5.91 Å². The Labute approximate surface area is 121 Å². The smallest absolute Gasteiger partial charge is 0.255 e. The standard InChI is InChI=1S/C13H16BrNO2S/c14-12-4-3-10(18)6-11(12)13(17)15-5-1-2-9(7-15)8-16/h3-4,6,9,16,18H,1-2,5,7-8H2. The summed E-state index contributed by atoms with van der Waals surface area (Å²) in [6.07, 6.45) is 1.95. The van der Waals surface area contributed by atoms with E-state index in [1.807, 2.05) is 17.0 Å². The number of nitrogens with zero attached hydrogens (tertiary/aromatic N) is 1. The third-order valence-corrected chi connectivity index (χ3v) is 4.21. The SMILES string of the molecule is O=C(c1cc(S)ccc1Br)N1CCCC(CO)C1. The summed E-state index contributed by atoms with van der Waals surface area (Å²) in [5.41, 5.74) is 0.640. The van der Waals surface area contributed by atoms with Gasteiger partial charge in [0.2, 0.25) is 0 Å². The second-order valence-electron chi connectivity index (χ2n) is 4.61. The lowest BCUT2D eigenvalue weighted by molar-refractivity contribution is 0.0619. The van der Waals surface area contributed by atoms with Crippen LogP contribution in [0.5, 0.6) is 0 Å². The number of hydrogen-bond donors (Lipinski definition) is 2. The molecule has 0 saturated carbocycles. The quantitative estimate of drug-likeness (QED) is 0.819. The van der Waals surface area contributed by atoms with E-state index in [0.717, 1.165) is 28.8 Å². The molecule has 1 aromatic rings. The van der Waals surface area contributed by atoms with Gasteiger partial charge < -0.3 is 10.0 Å². The van der Waals surface area contributed by atoms with Gasteiger partial charge in [0, 0.05) is 29.1 Å². The number of carbonyl (C=O) groups is 1. The van der Waals surface area contributed by atoms with Crippen LogP contribution in [0.2, 0.25) is 0 Å². The second-order valence-corrected chi connectivity index (χ2v) is 5.98. The molecule has 1 aliphatic rings. The molecule has 1 unspecified atom stereocenters. The molecule has 3 nitrogen and oxygen atoms in total. The first-order valence-electron chi connectivity index (χ1n) is 6.00. The van der Waals surface area contributed by atoms with Gasteiger partial charge in [-0.1, -0.05) is 0 Å². The number of thiol groups is 1. The van der Waals surface area contributed by atoms with E-state index in [4.69, 9.17) is 0 Å². The zero-order valence-electron chi connectivity index (χ0n) is 9.97. The molecule has 1 amide bonds. The van der Waals surface area contributed by atoms with Crippen LogP contribution >= 0.6 is 28.6 Å². The van der Waals surface area contributed by atoms with E-state index in [9.17, 15) is 9.90 Å². The average molecular weight is 330 g/mol. The number of aliphatic hydroxyl groups excluding tert-OH is 1. The van der Waals surface area contributed by atoms with Crippen LogP contribution < -0.4 is 0 Å². The van der Waals surface area contributed by atoms with E-state index in [2.05, 4.69) is 28.6 Å². The van der Waals surface area contributed by atoms with Crippen molar-refractivity contribution in [1.82, 2.24) is 4.90 Å². The average Bonchev–Trinajstić information content (AvgIpc) is 2.41. The molecule has 5 heteroatoms. The maximum atomic E-state index is 12.4. The van der Waals surface area contributed by atoms with E-state index < -0.39 is 0 Å². The molecule has 0 aromatic heterocycles. The van der Waals surface area contributed by atoms with Crippen LogP contribution in [0.4, 0.5) is 0 Å². The predicted octanol–water partition coefficient (Wildman–Crippen LogP) is 2.58. The fourth-order valence-corrected chi connectivity index (χ4v) is 2.87. The van der Waals surface area contributed by atoms with Crippen LogP contribution in [-0.2, 0) is 0 Å². The number of benzene rings is 1. The molecule has 1 atom stereocenters. The lowest BCUT2D eigenvalue weighted by atomic mass is 9.98. The van der Waals surface area contributed by atoms with Crippen molar-refractivity contribution in [2.24, 2.45) is 5.92 Å². The Morgan fingerprint density at radius 2 is 2.33 bits per heavy atom. The summed E-state index contributed by atoms with van der Waals surface area (Å²) in [6.45, 7) is 1.55. The summed E-state index contributed by atoms with van der Waals surface area (Å²) in [5, 5.41) is 9.20. The summed E-state index contributed by atoms with van der Waals surface area (Å²) in [4.78, 5) is 15.0. The van der Waals surface area contributed by atoms with Gasteiger partial charge in [-0.15, -0.1) is 12.6 Å². The second kappa shape index (κ2) is 6.08. The highest BCUT2D eigenvalue weighted by atomic mass is 79.9. The summed E-state index contributed by atoms with van der Waals surface area (Å²) in [6, 6.07) is 5.46. The van der Waals surface area contributed by atoms with Gasteiger partial charge in [-0.2, -0.15) is 0 Å². The van der Waals surface area contributed by atoms with Crippen LogP contribution in [0, 0.1) is 5.92 Å². The zero-order chi connectivity index (χ0) is 13.1. The van der Waals surface area contributed by atoms with E-state index >= 15 is 0 Å². The van der Waals surface area contributed by atoms with Crippen molar-refractivity contribution in [3.8, 4) is 0 Å². The molecule has 0 spiro atoms. The first kappa shape index (κ1) is 13.9. The van der Waals surface area contributed by atoms with Crippen LogP contribution in [0.25, 0.3) is 0 Å². The first-order valence-corrected chi connectivity index (χ1v) is 7.24. The van der Waals surface area contributed by atoms with Crippen LogP contribution in [-0.4, -0.2) is 35.6 Å². The summed E-state index contributed by atoms with van der Waals surface area (Å²) in [7, 11) is 0. The number of piperidine rings is 1. The maximum Gasteiger partial charge on any atom is 0.255 e. The molecule has 1 saturated heterocycles. The topological polar surface area (TPSA) is 40.5 Å². The number of halogens is 1. The third-order valence-electron chi connectivity index (χ3n) is 3.24. The van der Waals surface area contributed by atoms with Gasteiger partial charge >= 0.3 is 0 Å². The summed E-state index contributed by atoms with van der Waals surface area (Å²) >= 11 is 7.66. The Balaban J connectivity index is 2.17. The van der Waals surface area contributed by atoms with E-state index in [1.54, 1.807) is 6.07 Å². The van der Waals surface area contributed by atoms with Gasteiger partial charge in [0.05, 0.1) is 5.56 Å². The third kappa shape index (κ3) is 3.08. The summed E-state index contributed by atoms with van der Waals surface area (Å²) in [5.74, 6) is 0.219. The van der Waals surface area contributed by atoms with Gasteiger partial charge in [0.15, 0.2) is 0 Å². The number of aliphatic hydroxyl groups is 1. The summed E-state index contributed by atoms with van der Waals surface area (Å²) < 4.78 is 0.788. The monoisotopic (exact) mass is 329 g/mol. The Morgan fingerprint density at radius 3 is 3.06 bits per heavy atom. The number of amides is 1. The number of carbonyl (C=O) groups excluding carboxylic acids is 1. The molecule has 1 N–H and O–H groups in total. The molecule has 1 fully saturated rings. The van der Waals surface area contributed by atoms with Crippen molar-refractivity contribution in [3.63, 3.8) is 0 Å².